The van der Waals surface area contributed by atoms with E-state index in [1.165, 1.54) is 6.20 Å². The third kappa shape index (κ3) is 3.03. The number of nitrogens with zero attached hydrogens (tertiary/aromatic N) is 3. The Morgan fingerprint density at radius 1 is 1.17 bits per heavy atom. The van der Waals surface area contributed by atoms with Crippen LogP contribution >= 0.6 is 11.6 Å². The first kappa shape index (κ1) is 16.2. The Morgan fingerprint density at radius 3 is 2.50 bits per heavy atom. The molecule has 5 nitrogen and oxygen atoms in total. The lowest BCUT2D eigenvalue weighted by Gasteiger charge is -2.08. The molecule has 24 heavy (non-hydrogen) atoms. The van der Waals surface area contributed by atoms with Crippen molar-refractivity contribution >= 4 is 17.6 Å². The standard InChI is InChI=1S/C18H16ClN3O2/c1-11-8-14(9-12(2)17(11)19)24-18(23)15-10-21-22(13(15)3)16-6-4-5-7-20-16/h4-10H,1-3H3. The Hall–Kier alpha value is -2.66. The molecule has 0 amide bonds. The van der Waals surface area contributed by atoms with E-state index in [9.17, 15) is 4.79 Å². The van der Waals surface area contributed by atoms with Crippen LogP contribution in [0.4, 0.5) is 0 Å². The Labute approximate surface area is 144 Å². The van der Waals surface area contributed by atoms with E-state index in [0.29, 0.717) is 27.8 Å². The van der Waals surface area contributed by atoms with Crippen LogP contribution in [0.3, 0.4) is 0 Å². The van der Waals surface area contributed by atoms with Gasteiger partial charge in [-0.3, -0.25) is 0 Å². The summed E-state index contributed by atoms with van der Waals surface area (Å²) in [6.45, 7) is 5.55. The van der Waals surface area contributed by atoms with Gasteiger partial charge in [-0.1, -0.05) is 17.7 Å². The van der Waals surface area contributed by atoms with E-state index in [1.807, 2.05) is 32.0 Å². The van der Waals surface area contributed by atoms with Crippen molar-refractivity contribution < 1.29 is 9.53 Å². The normalized spacial score (nSPS) is 10.7. The van der Waals surface area contributed by atoms with E-state index >= 15 is 0 Å². The summed E-state index contributed by atoms with van der Waals surface area (Å²) in [5, 5.41) is 4.91. The van der Waals surface area contributed by atoms with Crippen LogP contribution in [0.15, 0.2) is 42.7 Å². The minimum absolute atomic E-state index is 0.394. The van der Waals surface area contributed by atoms with Crippen LogP contribution in [0.1, 0.15) is 27.2 Å². The van der Waals surface area contributed by atoms with E-state index in [1.54, 1.807) is 29.9 Å². The van der Waals surface area contributed by atoms with Gasteiger partial charge in [0.2, 0.25) is 0 Å². The lowest BCUT2D eigenvalue weighted by atomic mass is 10.1. The molecule has 1 aromatic carbocycles. The minimum Gasteiger partial charge on any atom is -0.423 e. The molecule has 2 aromatic heterocycles. The highest BCUT2D eigenvalue weighted by Gasteiger charge is 2.18. The van der Waals surface area contributed by atoms with Gasteiger partial charge >= 0.3 is 5.97 Å². The van der Waals surface area contributed by atoms with Crippen LogP contribution in [0.5, 0.6) is 5.75 Å². The van der Waals surface area contributed by atoms with Crippen molar-refractivity contribution in [2.24, 2.45) is 0 Å². The number of pyridine rings is 1. The molecule has 2 heterocycles. The molecule has 0 aliphatic heterocycles. The fraction of sp³-hybridized carbons (Fsp3) is 0.167. The van der Waals surface area contributed by atoms with Crippen LogP contribution in [0.2, 0.25) is 5.02 Å². The van der Waals surface area contributed by atoms with Crippen molar-refractivity contribution in [1.82, 2.24) is 14.8 Å². The maximum absolute atomic E-state index is 12.5. The number of carbonyl (C=O) groups is 1. The molecule has 3 rings (SSSR count). The van der Waals surface area contributed by atoms with E-state index in [4.69, 9.17) is 16.3 Å². The second-order valence-corrected chi connectivity index (χ2v) is 5.88. The van der Waals surface area contributed by atoms with Crippen molar-refractivity contribution in [2.45, 2.75) is 20.8 Å². The first-order valence-corrected chi connectivity index (χ1v) is 7.80. The minimum atomic E-state index is -0.462. The molecule has 0 N–H and O–H groups in total. The topological polar surface area (TPSA) is 57.0 Å². The van der Waals surface area contributed by atoms with Gasteiger partial charge in [-0.15, -0.1) is 0 Å². The number of benzene rings is 1. The number of aryl methyl sites for hydroxylation is 2. The first-order valence-electron chi connectivity index (χ1n) is 7.42. The Morgan fingerprint density at radius 2 is 1.88 bits per heavy atom. The molecule has 0 radical (unpaired) electrons. The third-order valence-electron chi connectivity index (χ3n) is 3.72. The summed E-state index contributed by atoms with van der Waals surface area (Å²) in [4.78, 5) is 16.7. The number of ether oxygens (including phenoxy) is 1. The Bertz CT molecular complexity index is 881. The summed E-state index contributed by atoms with van der Waals surface area (Å²) in [5.74, 6) is 0.646. The van der Waals surface area contributed by atoms with Gasteiger partial charge in [-0.25, -0.2) is 14.5 Å². The molecule has 0 spiro atoms. The van der Waals surface area contributed by atoms with E-state index < -0.39 is 5.97 Å². The van der Waals surface area contributed by atoms with Gasteiger partial charge in [0.25, 0.3) is 0 Å². The zero-order chi connectivity index (χ0) is 17.3. The maximum atomic E-state index is 12.5. The molecule has 0 aliphatic carbocycles. The first-order chi connectivity index (χ1) is 11.5. The van der Waals surface area contributed by atoms with Crippen molar-refractivity contribution in [2.75, 3.05) is 0 Å². The van der Waals surface area contributed by atoms with Gasteiger partial charge in [-0.2, -0.15) is 5.10 Å². The molecule has 3 aromatic rings. The molecular weight excluding hydrogens is 326 g/mol. The molecule has 0 bridgehead atoms. The van der Waals surface area contributed by atoms with Crippen LogP contribution in [-0.4, -0.2) is 20.7 Å². The average molecular weight is 342 g/mol. The summed E-state index contributed by atoms with van der Waals surface area (Å²) >= 11 is 6.14. The number of hydrogen-bond donors (Lipinski definition) is 0. The van der Waals surface area contributed by atoms with Crippen LogP contribution in [0.25, 0.3) is 5.82 Å². The van der Waals surface area contributed by atoms with Gasteiger partial charge in [0.05, 0.1) is 11.9 Å². The summed E-state index contributed by atoms with van der Waals surface area (Å²) in [6.07, 6.45) is 3.16. The fourth-order valence-corrected chi connectivity index (χ4v) is 2.56. The molecule has 122 valence electrons. The highest BCUT2D eigenvalue weighted by atomic mass is 35.5. The molecule has 0 fully saturated rings. The molecule has 0 aliphatic rings. The summed E-state index contributed by atoms with van der Waals surface area (Å²) in [5.41, 5.74) is 2.78. The quantitative estimate of drug-likeness (QED) is 0.532. The Balaban J connectivity index is 1.88. The predicted octanol–water partition coefficient (Wildman–Crippen LogP) is 4.07. The number of esters is 1. The summed E-state index contributed by atoms with van der Waals surface area (Å²) < 4.78 is 7.08. The van der Waals surface area contributed by atoms with E-state index in [2.05, 4.69) is 10.1 Å². The highest BCUT2D eigenvalue weighted by molar-refractivity contribution is 6.32. The van der Waals surface area contributed by atoms with Crippen molar-refractivity contribution in [1.29, 1.82) is 0 Å². The maximum Gasteiger partial charge on any atom is 0.347 e. The van der Waals surface area contributed by atoms with Crippen LogP contribution < -0.4 is 4.74 Å². The lowest BCUT2D eigenvalue weighted by Crippen LogP contribution is -2.10. The monoisotopic (exact) mass is 341 g/mol. The fourth-order valence-electron chi connectivity index (χ4n) is 2.45. The number of rotatable bonds is 3. The predicted molar refractivity (Wildman–Crippen MR) is 92.0 cm³/mol. The second kappa shape index (κ2) is 6.45. The molecule has 6 heteroatoms. The van der Waals surface area contributed by atoms with Crippen LogP contribution in [0, 0.1) is 20.8 Å². The smallest absolute Gasteiger partial charge is 0.347 e. The van der Waals surface area contributed by atoms with Gasteiger partial charge in [0.1, 0.15) is 11.3 Å². The van der Waals surface area contributed by atoms with Gasteiger partial charge in [-0.05, 0) is 56.2 Å². The largest absolute Gasteiger partial charge is 0.423 e. The van der Waals surface area contributed by atoms with Crippen molar-refractivity contribution in [3.05, 3.63) is 70.1 Å². The molecule has 0 unspecified atom stereocenters. The lowest BCUT2D eigenvalue weighted by molar-refractivity contribution is 0.0734. The number of aromatic nitrogens is 3. The van der Waals surface area contributed by atoms with Gasteiger partial charge in [0, 0.05) is 11.2 Å². The van der Waals surface area contributed by atoms with Gasteiger partial charge in [0.15, 0.2) is 5.82 Å². The Kier molecular flexibility index (Phi) is 4.36. The molecular formula is C18H16ClN3O2. The second-order valence-electron chi connectivity index (χ2n) is 5.50. The SMILES string of the molecule is Cc1cc(OC(=O)c2cnn(-c3ccccn3)c2C)cc(C)c1Cl. The van der Waals surface area contributed by atoms with Crippen LogP contribution in [-0.2, 0) is 0 Å². The number of carbonyl (C=O) groups excluding carboxylic acids is 1. The summed E-state index contributed by atoms with van der Waals surface area (Å²) in [7, 11) is 0. The third-order valence-corrected chi connectivity index (χ3v) is 4.31. The van der Waals surface area contributed by atoms with Crippen molar-refractivity contribution in [3.63, 3.8) is 0 Å². The average Bonchev–Trinajstić information content (AvgIpc) is 2.95. The van der Waals surface area contributed by atoms with Gasteiger partial charge < -0.3 is 4.74 Å². The zero-order valence-electron chi connectivity index (χ0n) is 13.6. The molecule has 0 saturated carbocycles. The highest BCUT2D eigenvalue weighted by Crippen LogP contribution is 2.26. The molecule has 0 saturated heterocycles. The van der Waals surface area contributed by atoms with E-state index in [0.717, 1.165) is 11.1 Å². The number of halogens is 1. The molecule has 0 atom stereocenters. The number of hydrogen-bond acceptors (Lipinski definition) is 4. The van der Waals surface area contributed by atoms with Crippen molar-refractivity contribution in [3.8, 4) is 11.6 Å². The summed E-state index contributed by atoms with van der Waals surface area (Å²) in [6, 6.07) is 8.99. The van der Waals surface area contributed by atoms with E-state index in [-0.39, 0.29) is 0 Å². The zero-order valence-corrected chi connectivity index (χ0v) is 14.3.